The fraction of sp³-hybridized carbons (Fsp3) is 0.200. The van der Waals surface area contributed by atoms with Gasteiger partial charge in [0.2, 0.25) is 0 Å². The molecule has 4 heteroatoms. The van der Waals surface area contributed by atoms with Crippen LogP contribution in [-0.2, 0) is 0 Å². The highest BCUT2D eigenvalue weighted by molar-refractivity contribution is 5.50. The lowest BCUT2D eigenvalue weighted by Gasteiger charge is -1.94. The second kappa shape index (κ2) is 4.40. The third kappa shape index (κ3) is 2.57. The van der Waals surface area contributed by atoms with Crippen molar-refractivity contribution in [3.63, 3.8) is 0 Å². The molecule has 0 aliphatic rings. The van der Waals surface area contributed by atoms with Gasteiger partial charge in [-0.15, -0.1) is 0 Å². The van der Waals surface area contributed by atoms with Gasteiger partial charge in [-0.1, -0.05) is 24.0 Å². The highest BCUT2D eigenvalue weighted by Crippen LogP contribution is 2.15. The Morgan fingerprint density at radius 3 is 2.71 bits per heavy atom. The van der Waals surface area contributed by atoms with Gasteiger partial charge in [0, 0.05) is 6.07 Å². The Morgan fingerprint density at radius 1 is 1.50 bits per heavy atom. The van der Waals surface area contributed by atoms with Crippen LogP contribution in [-0.4, -0.2) is 16.1 Å². The second-order valence-electron chi connectivity index (χ2n) is 2.72. The summed E-state index contributed by atoms with van der Waals surface area (Å²) in [6, 6.07) is 6.17. The first kappa shape index (κ1) is 10.2. The van der Waals surface area contributed by atoms with E-state index in [9.17, 15) is 10.1 Å². The van der Waals surface area contributed by atoms with Crippen molar-refractivity contribution in [3.8, 4) is 11.8 Å². The van der Waals surface area contributed by atoms with Gasteiger partial charge in [0.1, 0.15) is 11.7 Å². The van der Waals surface area contributed by atoms with Gasteiger partial charge < -0.3 is 5.11 Å². The van der Waals surface area contributed by atoms with Crippen LogP contribution in [0.15, 0.2) is 24.3 Å². The zero-order valence-electron chi connectivity index (χ0n) is 7.60. The third-order valence-electron chi connectivity index (χ3n) is 1.52. The van der Waals surface area contributed by atoms with Crippen LogP contribution in [0.1, 0.15) is 12.5 Å². The summed E-state index contributed by atoms with van der Waals surface area (Å²) < 4.78 is 0. The number of benzene rings is 1. The molecular weight excluding hydrogens is 182 g/mol. The van der Waals surface area contributed by atoms with E-state index in [1.165, 1.54) is 13.0 Å². The molecule has 1 N–H and O–H groups in total. The quantitative estimate of drug-likeness (QED) is 0.413. The molecule has 0 saturated heterocycles. The Bertz CT molecular complexity index is 401. The SMILES string of the molecule is CC(O)C#Cc1ccccc1[N+](=O)[O-]. The maximum absolute atomic E-state index is 10.5. The summed E-state index contributed by atoms with van der Waals surface area (Å²) in [5.41, 5.74) is 0.277. The Kier molecular flexibility index (Phi) is 3.21. The third-order valence-corrected chi connectivity index (χ3v) is 1.52. The van der Waals surface area contributed by atoms with Crippen LogP contribution in [0.4, 0.5) is 5.69 Å². The van der Waals surface area contributed by atoms with Gasteiger partial charge >= 0.3 is 0 Å². The zero-order chi connectivity index (χ0) is 10.6. The molecule has 1 unspecified atom stereocenters. The Labute approximate surface area is 81.3 Å². The predicted octanol–water partition coefficient (Wildman–Crippen LogP) is 1.33. The van der Waals surface area contributed by atoms with Crippen molar-refractivity contribution in [2.45, 2.75) is 13.0 Å². The average Bonchev–Trinajstić information content (AvgIpc) is 2.15. The lowest BCUT2D eigenvalue weighted by molar-refractivity contribution is -0.385. The van der Waals surface area contributed by atoms with E-state index in [2.05, 4.69) is 11.8 Å². The van der Waals surface area contributed by atoms with Crippen LogP contribution in [0.2, 0.25) is 0 Å². The van der Waals surface area contributed by atoms with Crippen molar-refractivity contribution in [1.29, 1.82) is 0 Å². The molecule has 0 amide bonds. The number of aliphatic hydroxyl groups is 1. The van der Waals surface area contributed by atoms with Crippen molar-refractivity contribution >= 4 is 5.69 Å². The van der Waals surface area contributed by atoms with Gasteiger partial charge in [-0.25, -0.2) is 0 Å². The molecule has 0 aliphatic heterocycles. The molecule has 0 bridgehead atoms. The van der Waals surface area contributed by atoms with E-state index in [0.29, 0.717) is 5.56 Å². The molecular formula is C10H9NO3. The number of hydrogen-bond donors (Lipinski definition) is 1. The number of nitro groups is 1. The van der Waals surface area contributed by atoms with Gasteiger partial charge in [-0.2, -0.15) is 0 Å². The summed E-state index contributed by atoms with van der Waals surface area (Å²) >= 11 is 0. The lowest BCUT2D eigenvalue weighted by atomic mass is 10.2. The molecule has 72 valence electrons. The molecule has 4 nitrogen and oxygen atoms in total. The fourth-order valence-electron chi connectivity index (χ4n) is 0.921. The highest BCUT2D eigenvalue weighted by Gasteiger charge is 2.09. The molecule has 0 aliphatic carbocycles. The number of para-hydroxylation sites is 1. The number of hydrogen-bond acceptors (Lipinski definition) is 3. The normalized spacial score (nSPS) is 11.3. The van der Waals surface area contributed by atoms with Crippen LogP contribution in [0.5, 0.6) is 0 Å². The van der Waals surface area contributed by atoms with Gasteiger partial charge in [-0.05, 0) is 13.0 Å². The van der Waals surface area contributed by atoms with Crippen LogP contribution >= 0.6 is 0 Å². The molecule has 1 atom stereocenters. The molecule has 0 radical (unpaired) electrons. The maximum Gasteiger partial charge on any atom is 0.284 e. The molecule has 0 fully saturated rings. The molecule has 14 heavy (non-hydrogen) atoms. The molecule has 0 saturated carbocycles. The molecule has 0 aromatic heterocycles. The molecule has 0 spiro atoms. The largest absolute Gasteiger partial charge is 0.381 e. The van der Waals surface area contributed by atoms with E-state index in [0.717, 1.165) is 0 Å². The van der Waals surface area contributed by atoms with Crippen LogP contribution in [0.25, 0.3) is 0 Å². The van der Waals surface area contributed by atoms with Crippen molar-refractivity contribution in [1.82, 2.24) is 0 Å². The van der Waals surface area contributed by atoms with E-state index in [1.807, 2.05) is 0 Å². The Balaban J connectivity index is 3.10. The molecule has 1 rings (SSSR count). The summed E-state index contributed by atoms with van der Waals surface area (Å²) in [4.78, 5) is 10.0. The minimum Gasteiger partial charge on any atom is -0.381 e. The Morgan fingerprint density at radius 2 is 2.14 bits per heavy atom. The van der Waals surface area contributed by atoms with Gasteiger partial charge in [0.25, 0.3) is 5.69 Å². The molecule has 0 heterocycles. The van der Waals surface area contributed by atoms with E-state index >= 15 is 0 Å². The number of nitrogens with zero attached hydrogens (tertiary/aromatic N) is 1. The lowest BCUT2D eigenvalue weighted by Crippen LogP contribution is -1.95. The second-order valence-corrected chi connectivity index (χ2v) is 2.72. The van der Waals surface area contributed by atoms with Gasteiger partial charge in [-0.3, -0.25) is 10.1 Å². The fourth-order valence-corrected chi connectivity index (χ4v) is 0.921. The van der Waals surface area contributed by atoms with E-state index in [-0.39, 0.29) is 5.69 Å². The predicted molar refractivity (Wildman–Crippen MR) is 51.7 cm³/mol. The highest BCUT2D eigenvalue weighted by atomic mass is 16.6. The minimum absolute atomic E-state index is 0.0411. The summed E-state index contributed by atoms with van der Waals surface area (Å²) in [6.07, 6.45) is -0.783. The van der Waals surface area contributed by atoms with Crippen LogP contribution in [0, 0.1) is 22.0 Å². The first-order valence-corrected chi connectivity index (χ1v) is 4.04. The monoisotopic (exact) mass is 191 g/mol. The first-order valence-electron chi connectivity index (χ1n) is 4.04. The summed E-state index contributed by atoms with van der Waals surface area (Å²) in [5.74, 6) is 5.01. The maximum atomic E-state index is 10.5. The van der Waals surface area contributed by atoms with Crippen molar-refractivity contribution < 1.29 is 10.0 Å². The van der Waals surface area contributed by atoms with Crippen LogP contribution in [0.3, 0.4) is 0 Å². The molecule has 1 aromatic carbocycles. The summed E-state index contributed by atoms with van der Waals surface area (Å²) in [5, 5.41) is 19.4. The average molecular weight is 191 g/mol. The summed E-state index contributed by atoms with van der Waals surface area (Å²) in [6.45, 7) is 1.50. The minimum atomic E-state index is -0.783. The summed E-state index contributed by atoms with van der Waals surface area (Å²) in [7, 11) is 0. The number of rotatable bonds is 1. The van der Waals surface area contributed by atoms with E-state index < -0.39 is 11.0 Å². The molecule has 1 aromatic rings. The number of aliphatic hydroxyl groups excluding tert-OH is 1. The zero-order valence-corrected chi connectivity index (χ0v) is 7.60. The smallest absolute Gasteiger partial charge is 0.284 e. The van der Waals surface area contributed by atoms with E-state index in [4.69, 9.17) is 5.11 Å². The number of nitro benzene ring substituents is 1. The Hall–Kier alpha value is -1.86. The topological polar surface area (TPSA) is 63.4 Å². The van der Waals surface area contributed by atoms with E-state index in [1.54, 1.807) is 18.2 Å². The first-order chi connectivity index (χ1) is 6.61. The van der Waals surface area contributed by atoms with Crippen LogP contribution < -0.4 is 0 Å². The van der Waals surface area contributed by atoms with Crippen molar-refractivity contribution in [2.75, 3.05) is 0 Å². The van der Waals surface area contributed by atoms with Crippen molar-refractivity contribution in [3.05, 3.63) is 39.9 Å². The van der Waals surface area contributed by atoms with Gasteiger partial charge in [0.05, 0.1) is 4.92 Å². The van der Waals surface area contributed by atoms with Crippen molar-refractivity contribution in [2.24, 2.45) is 0 Å². The standard InChI is InChI=1S/C10H9NO3/c1-8(12)6-7-9-4-2-3-5-10(9)11(13)14/h2-5,8,12H,1H3. The van der Waals surface area contributed by atoms with Gasteiger partial charge in [0.15, 0.2) is 0 Å².